The third-order valence-corrected chi connectivity index (χ3v) is 12.0. The van der Waals surface area contributed by atoms with E-state index in [4.69, 9.17) is 18.6 Å². The molecular formula is C24H38O5Si. The summed E-state index contributed by atoms with van der Waals surface area (Å²) in [6.45, 7) is 16.1. The van der Waals surface area contributed by atoms with E-state index in [2.05, 4.69) is 41.5 Å². The highest BCUT2D eigenvalue weighted by Gasteiger charge is 2.48. The Morgan fingerprint density at radius 1 is 1.10 bits per heavy atom. The first-order valence-electron chi connectivity index (χ1n) is 11.1. The van der Waals surface area contributed by atoms with Crippen LogP contribution in [0.5, 0.6) is 0 Å². The van der Waals surface area contributed by atoms with E-state index in [-0.39, 0.29) is 12.1 Å². The fourth-order valence-electron chi connectivity index (χ4n) is 4.64. The second-order valence-electron chi connectivity index (χ2n) is 8.76. The lowest BCUT2D eigenvalue weighted by molar-refractivity contribution is -0.241. The van der Waals surface area contributed by atoms with Crippen LogP contribution in [0.15, 0.2) is 42.5 Å². The van der Waals surface area contributed by atoms with Gasteiger partial charge >= 0.3 is 5.97 Å². The maximum absolute atomic E-state index is 11.9. The van der Waals surface area contributed by atoms with Crippen molar-refractivity contribution < 1.29 is 23.4 Å². The van der Waals surface area contributed by atoms with Gasteiger partial charge in [0, 0.05) is 11.6 Å². The largest absolute Gasteiger partial charge is 0.463 e. The Hall–Kier alpha value is -1.47. The summed E-state index contributed by atoms with van der Waals surface area (Å²) in [6.07, 6.45) is 2.06. The number of carbonyl (C=O) groups is 1. The van der Waals surface area contributed by atoms with Gasteiger partial charge in [-0.25, -0.2) is 4.79 Å². The highest BCUT2D eigenvalue weighted by Crippen LogP contribution is 2.44. The zero-order chi connectivity index (χ0) is 22.3. The lowest BCUT2D eigenvalue weighted by Crippen LogP contribution is -2.55. The molecule has 168 valence electrons. The van der Waals surface area contributed by atoms with Gasteiger partial charge in [-0.1, -0.05) is 71.9 Å². The van der Waals surface area contributed by atoms with E-state index < -0.39 is 20.7 Å². The van der Waals surface area contributed by atoms with E-state index in [0.29, 0.717) is 29.8 Å². The van der Waals surface area contributed by atoms with Crippen molar-refractivity contribution in [3.63, 3.8) is 0 Å². The normalized spacial score (nSPS) is 22.9. The Morgan fingerprint density at radius 3 is 2.23 bits per heavy atom. The SMILES string of the molecule is CCOC(=O)/C=C/[C@H]1OC(c2ccccc2)OC[C@H]1O[Si](C(C)C)(C(C)C)C(C)C. The minimum atomic E-state index is -2.14. The average Bonchev–Trinajstić information content (AvgIpc) is 2.71. The first-order chi connectivity index (χ1) is 14.2. The van der Waals surface area contributed by atoms with Crippen molar-refractivity contribution in [1.82, 2.24) is 0 Å². The van der Waals surface area contributed by atoms with Gasteiger partial charge in [0.25, 0.3) is 0 Å². The van der Waals surface area contributed by atoms with Gasteiger partial charge in [0.05, 0.1) is 19.3 Å². The third-order valence-electron chi connectivity index (χ3n) is 5.90. The minimum absolute atomic E-state index is 0.269. The molecule has 0 N–H and O–H groups in total. The zero-order valence-corrected chi connectivity index (χ0v) is 20.5. The monoisotopic (exact) mass is 434 g/mol. The molecule has 5 nitrogen and oxygen atoms in total. The fourth-order valence-corrected chi connectivity index (χ4v) is 10.2. The van der Waals surface area contributed by atoms with Crippen molar-refractivity contribution in [3.8, 4) is 0 Å². The maximum Gasteiger partial charge on any atom is 0.330 e. The molecule has 30 heavy (non-hydrogen) atoms. The summed E-state index contributed by atoms with van der Waals surface area (Å²) in [4.78, 5) is 11.9. The topological polar surface area (TPSA) is 54.0 Å². The van der Waals surface area contributed by atoms with Gasteiger partial charge in [-0.05, 0) is 29.6 Å². The molecule has 0 saturated carbocycles. The van der Waals surface area contributed by atoms with E-state index in [1.807, 2.05) is 30.3 Å². The molecule has 1 aliphatic rings. The highest BCUT2D eigenvalue weighted by molar-refractivity contribution is 6.77. The van der Waals surface area contributed by atoms with Crippen LogP contribution < -0.4 is 0 Å². The number of esters is 1. The van der Waals surface area contributed by atoms with E-state index in [1.54, 1.807) is 13.0 Å². The molecule has 1 aromatic carbocycles. The van der Waals surface area contributed by atoms with E-state index >= 15 is 0 Å². The zero-order valence-electron chi connectivity index (χ0n) is 19.5. The predicted octanol–water partition coefficient (Wildman–Crippen LogP) is 5.78. The van der Waals surface area contributed by atoms with Crippen molar-refractivity contribution >= 4 is 14.3 Å². The van der Waals surface area contributed by atoms with Crippen molar-refractivity contribution in [1.29, 1.82) is 0 Å². The number of hydrogen-bond acceptors (Lipinski definition) is 5. The molecule has 0 aliphatic carbocycles. The molecule has 0 aromatic heterocycles. The van der Waals surface area contributed by atoms with Crippen molar-refractivity contribution in [3.05, 3.63) is 48.0 Å². The number of benzene rings is 1. The molecule has 1 saturated heterocycles. The number of hydrogen-bond donors (Lipinski definition) is 0. The Kier molecular flexibility index (Phi) is 9.28. The lowest BCUT2D eigenvalue weighted by Gasteiger charge is -2.47. The number of rotatable bonds is 9. The second kappa shape index (κ2) is 11.2. The van der Waals surface area contributed by atoms with E-state index in [0.717, 1.165) is 5.56 Å². The van der Waals surface area contributed by atoms with Crippen LogP contribution in [-0.4, -0.2) is 39.7 Å². The van der Waals surface area contributed by atoms with Crippen LogP contribution in [0.1, 0.15) is 60.3 Å². The summed E-state index contributed by atoms with van der Waals surface area (Å²) in [7, 11) is -2.14. The number of carbonyl (C=O) groups excluding carboxylic acids is 1. The lowest BCUT2D eigenvalue weighted by atomic mass is 10.1. The van der Waals surface area contributed by atoms with Crippen LogP contribution in [0.25, 0.3) is 0 Å². The molecule has 0 bridgehead atoms. The van der Waals surface area contributed by atoms with Crippen LogP contribution in [0, 0.1) is 0 Å². The molecular weight excluding hydrogens is 396 g/mol. The molecule has 0 spiro atoms. The molecule has 3 atom stereocenters. The molecule has 2 rings (SSSR count). The molecule has 1 aliphatic heterocycles. The van der Waals surface area contributed by atoms with Crippen LogP contribution in [0.3, 0.4) is 0 Å². The van der Waals surface area contributed by atoms with Crippen LogP contribution in [0.2, 0.25) is 16.6 Å². The van der Waals surface area contributed by atoms with Crippen LogP contribution in [0.4, 0.5) is 0 Å². The van der Waals surface area contributed by atoms with Gasteiger partial charge < -0.3 is 18.6 Å². The summed E-state index contributed by atoms with van der Waals surface area (Å²) < 4.78 is 24.3. The first-order valence-corrected chi connectivity index (χ1v) is 13.2. The van der Waals surface area contributed by atoms with Gasteiger partial charge in [0.15, 0.2) is 6.29 Å². The highest BCUT2D eigenvalue weighted by atomic mass is 28.4. The Balaban J connectivity index is 2.30. The fraction of sp³-hybridized carbons (Fsp3) is 0.625. The molecule has 1 unspecified atom stereocenters. The van der Waals surface area contributed by atoms with Gasteiger partial charge in [0.1, 0.15) is 6.10 Å². The van der Waals surface area contributed by atoms with Crippen molar-refractivity contribution in [2.75, 3.05) is 13.2 Å². The summed E-state index contributed by atoms with van der Waals surface area (Å²) in [5.41, 5.74) is 2.28. The molecule has 0 amide bonds. The van der Waals surface area contributed by atoms with Crippen molar-refractivity contribution in [2.24, 2.45) is 0 Å². The smallest absolute Gasteiger partial charge is 0.330 e. The quantitative estimate of drug-likeness (QED) is 0.280. The molecule has 1 fully saturated rings. The minimum Gasteiger partial charge on any atom is -0.463 e. The molecule has 1 aromatic rings. The summed E-state index contributed by atoms with van der Waals surface area (Å²) in [6, 6.07) is 9.84. The number of ether oxygens (including phenoxy) is 3. The van der Waals surface area contributed by atoms with Crippen molar-refractivity contribution in [2.45, 2.75) is 83.6 Å². The molecule has 6 heteroatoms. The molecule has 0 radical (unpaired) electrons. The standard InChI is InChI=1S/C24H38O5Si/c1-8-26-23(25)15-14-21-22(29-30(17(2)3,18(4)5)19(6)7)16-27-24(28-21)20-12-10-9-11-13-20/h9-15,17-19,21-22,24H,8,16H2,1-7H3/b15-14+/t21-,22-,24?/m1/s1. The Labute approximate surface area is 182 Å². The van der Waals surface area contributed by atoms with Gasteiger partial charge in [-0.15, -0.1) is 0 Å². The average molecular weight is 435 g/mol. The third kappa shape index (κ3) is 5.81. The summed E-state index contributed by atoms with van der Waals surface area (Å²) in [5, 5.41) is 0. The van der Waals surface area contributed by atoms with Crippen LogP contribution in [-0.2, 0) is 23.4 Å². The first kappa shape index (κ1) is 24.8. The Morgan fingerprint density at radius 2 is 1.70 bits per heavy atom. The predicted molar refractivity (Wildman–Crippen MR) is 122 cm³/mol. The van der Waals surface area contributed by atoms with E-state index in [1.165, 1.54) is 6.08 Å². The molecule has 1 heterocycles. The van der Waals surface area contributed by atoms with E-state index in [9.17, 15) is 4.79 Å². The summed E-state index contributed by atoms with van der Waals surface area (Å²) in [5.74, 6) is -0.373. The summed E-state index contributed by atoms with van der Waals surface area (Å²) >= 11 is 0. The van der Waals surface area contributed by atoms with Gasteiger partial charge in [-0.2, -0.15) is 0 Å². The van der Waals surface area contributed by atoms with Gasteiger partial charge in [-0.3, -0.25) is 0 Å². The Bertz CT molecular complexity index is 664. The second-order valence-corrected chi connectivity index (χ2v) is 14.2. The van der Waals surface area contributed by atoms with Gasteiger partial charge in [0.2, 0.25) is 8.32 Å². The van der Waals surface area contributed by atoms with Crippen LogP contribution >= 0.6 is 0 Å². The maximum atomic E-state index is 11.9.